The maximum Gasteiger partial charge on any atom is 0.131 e. The zero-order valence-corrected chi connectivity index (χ0v) is 12.7. The van der Waals surface area contributed by atoms with Crippen molar-refractivity contribution < 1.29 is 4.74 Å². The van der Waals surface area contributed by atoms with Crippen LogP contribution in [0.1, 0.15) is 25.0 Å². The van der Waals surface area contributed by atoms with Crippen LogP contribution in [0.5, 0.6) is 11.5 Å². The van der Waals surface area contributed by atoms with E-state index in [2.05, 4.69) is 25.2 Å². The van der Waals surface area contributed by atoms with E-state index >= 15 is 0 Å². The van der Waals surface area contributed by atoms with Gasteiger partial charge in [0.1, 0.15) is 11.5 Å². The maximum atomic E-state index is 6.13. The van der Waals surface area contributed by atoms with Gasteiger partial charge in [-0.25, -0.2) is 0 Å². The summed E-state index contributed by atoms with van der Waals surface area (Å²) >= 11 is 6.13. The highest BCUT2D eigenvalue weighted by Crippen LogP contribution is 2.28. The molecule has 2 aromatic rings. The summed E-state index contributed by atoms with van der Waals surface area (Å²) in [7, 11) is 0. The molecule has 0 atom stereocenters. The number of benzene rings is 2. The van der Waals surface area contributed by atoms with Crippen molar-refractivity contribution in [1.29, 1.82) is 0 Å². The van der Waals surface area contributed by atoms with Crippen LogP contribution < -0.4 is 10.1 Å². The van der Waals surface area contributed by atoms with Crippen LogP contribution in [0.4, 0.5) is 0 Å². The second kappa shape index (κ2) is 7.32. The van der Waals surface area contributed by atoms with Gasteiger partial charge in [0.25, 0.3) is 0 Å². The minimum atomic E-state index is 0.792. The first-order valence-corrected chi connectivity index (χ1v) is 7.37. The Kier molecular flexibility index (Phi) is 5.45. The van der Waals surface area contributed by atoms with Crippen molar-refractivity contribution in [2.24, 2.45) is 0 Å². The first kappa shape index (κ1) is 14.9. The van der Waals surface area contributed by atoms with Gasteiger partial charge < -0.3 is 10.1 Å². The lowest BCUT2D eigenvalue weighted by molar-refractivity contribution is 0.472. The van der Waals surface area contributed by atoms with E-state index in [1.807, 2.05) is 36.4 Å². The molecule has 0 fully saturated rings. The molecule has 0 saturated heterocycles. The Balaban J connectivity index is 2.21. The summed E-state index contributed by atoms with van der Waals surface area (Å²) in [4.78, 5) is 0. The highest BCUT2D eigenvalue weighted by molar-refractivity contribution is 6.31. The van der Waals surface area contributed by atoms with Crippen LogP contribution in [0.2, 0.25) is 5.02 Å². The lowest BCUT2D eigenvalue weighted by Gasteiger charge is -2.12. The first-order chi connectivity index (χ1) is 9.74. The van der Waals surface area contributed by atoms with Crippen molar-refractivity contribution in [2.75, 3.05) is 6.54 Å². The summed E-state index contributed by atoms with van der Waals surface area (Å²) in [6, 6.07) is 13.9. The number of hydrogen-bond acceptors (Lipinski definition) is 2. The van der Waals surface area contributed by atoms with Gasteiger partial charge >= 0.3 is 0 Å². The molecule has 2 aromatic carbocycles. The summed E-state index contributed by atoms with van der Waals surface area (Å²) in [5, 5.41) is 4.11. The van der Waals surface area contributed by atoms with Gasteiger partial charge in [0, 0.05) is 17.1 Å². The summed E-state index contributed by atoms with van der Waals surface area (Å²) < 4.78 is 6.01. The molecule has 0 radical (unpaired) electrons. The first-order valence-electron chi connectivity index (χ1n) is 6.99. The molecule has 0 heterocycles. The standard InChI is InChI=1S/C17H20ClNO/c1-3-13-11-15(9-10-16(13)18)20-17-8-6-5-7-14(17)12-19-4-2/h5-11,19H,3-4,12H2,1-2H3. The van der Waals surface area contributed by atoms with Crippen LogP contribution in [0.15, 0.2) is 42.5 Å². The molecule has 3 heteroatoms. The van der Waals surface area contributed by atoms with Gasteiger partial charge in [-0.15, -0.1) is 0 Å². The van der Waals surface area contributed by atoms with Crippen molar-refractivity contribution >= 4 is 11.6 Å². The van der Waals surface area contributed by atoms with Crippen LogP contribution in [0.3, 0.4) is 0 Å². The SMILES string of the molecule is CCNCc1ccccc1Oc1ccc(Cl)c(CC)c1. The smallest absolute Gasteiger partial charge is 0.131 e. The quantitative estimate of drug-likeness (QED) is 0.824. The highest BCUT2D eigenvalue weighted by Gasteiger charge is 2.06. The molecule has 0 spiro atoms. The molecular formula is C17H20ClNO. The predicted octanol–water partition coefficient (Wildman–Crippen LogP) is 4.80. The molecule has 0 saturated carbocycles. The van der Waals surface area contributed by atoms with Gasteiger partial charge in [0.05, 0.1) is 0 Å². The number of aryl methyl sites for hydroxylation is 1. The monoisotopic (exact) mass is 289 g/mol. The topological polar surface area (TPSA) is 21.3 Å². The molecule has 1 N–H and O–H groups in total. The fourth-order valence-corrected chi connectivity index (χ4v) is 2.27. The fourth-order valence-electron chi connectivity index (χ4n) is 2.02. The van der Waals surface area contributed by atoms with Crippen molar-refractivity contribution in [3.8, 4) is 11.5 Å². The van der Waals surface area contributed by atoms with E-state index in [4.69, 9.17) is 16.3 Å². The van der Waals surface area contributed by atoms with E-state index in [-0.39, 0.29) is 0 Å². The Bertz CT molecular complexity index is 569. The Morgan fingerprint density at radius 1 is 1.05 bits per heavy atom. The second-order valence-corrected chi connectivity index (χ2v) is 5.00. The summed E-state index contributed by atoms with van der Waals surface area (Å²) in [6.45, 7) is 5.93. The Morgan fingerprint density at radius 3 is 2.60 bits per heavy atom. The molecule has 106 valence electrons. The molecule has 2 rings (SSSR count). The third-order valence-corrected chi connectivity index (χ3v) is 3.53. The Morgan fingerprint density at radius 2 is 1.85 bits per heavy atom. The maximum absolute atomic E-state index is 6.13. The molecule has 0 aliphatic heterocycles. The fraction of sp³-hybridized carbons (Fsp3) is 0.294. The van der Waals surface area contributed by atoms with E-state index in [0.717, 1.165) is 47.2 Å². The molecule has 20 heavy (non-hydrogen) atoms. The van der Waals surface area contributed by atoms with E-state index in [1.165, 1.54) is 0 Å². The van der Waals surface area contributed by atoms with Gasteiger partial charge in [0.15, 0.2) is 0 Å². The van der Waals surface area contributed by atoms with Crippen LogP contribution in [-0.2, 0) is 13.0 Å². The van der Waals surface area contributed by atoms with Gasteiger partial charge in [-0.2, -0.15) is 0 Å². The lowest BCUT2D eigenvalue weighted by Crippen LogP contribution is -2.12. The van der Waals surface area contributed by atoms with Gasteiger partial charge in [-0.05, 0) is 42.8 Å². The lowest BCUT2D eigenvalue weighted by atomic mass is 10.1. The number of ether oxygens (including phenoxy) is 1. The van der Waals surface area contributed by atoms with Crippen LogP contribution in [-0.4, -0.2) is 6.54 Å². The predicted molar refractivity (Wildman–Crippen MR) is 84.7 cm³/mol. The molecule has 2 nitrogen and oxygen atoms in total. The number of halogens is 1. The normalized spacial score (nSPS) is 10.6. The average molecular weight is 290 g/mol. The van der Waals surface area contributed by atoms with Crippen molar-refractivity contribution in [2.45, 2.75) is 26.8 Å². The van der Waals surface area contributed by atoms with Crippen molar-refractivity contribution in [3.63, 3.8) is 0 Å². The Hall–Kier alpha value is -1.51. The van der Waals surface area contributed by atoms with Crippen LogP contribution in [0, 0.1) is 0 Å². The van der Waals surface area contributed by atoms with Gasteiger partial charge in [-0.3, -0.25) is 0 Å². The van der Waals surface area contributed by atoms with E-state index in [9.17, 15) is 0 Å². The summed E-state index contributed by atoms with van der Waals surface area (Å²) in [5.41, 5.74) is 2.26. The summed E-state index contributed by atoms with van der Waals surface area (Å²) in [6.07, 6.45) is 0.898. The minimum absolute atomic E-state index is 0.792. The highest BCUT2D eigenvalue weighted by atomic mass is 35.5. The van der Waals surface area contributed by atoms with Crippen molar-refractivity contribution in [3.05, 3.63) is 58.6 Å². The third-order valence-electron chi connectivity index (χ3n) is 3.16. The number of para-hydroxylation sites is 1. The zero-order chi connectivity index (χ0) is 14.4. The zero-order valence-electron chi connectivity index (χ0n) is 11.9. The molecule has 0 aliphatic rings. The number of hydrogen-bond donors (Lipinski definition) is 1. The molecule has 0 amide bonds. The molecular weight excluding hydrogens is 270 g/mol. The summed E-state index contributed by atoms with van der Waals surface area (Å²) in [5.74, 6) is 1.72. The van der Waals surface area contributed by atoms with Crippen molar-refractivity contribution in [1.82, 2.24) is 5.32 Å². The Labute approximate surface area is 125 Å². The molecule has 0 aromatic heterocycles. The largest absolute Gasteiger partial charge is 0.457 e. The minimum Gasteiger partial charge on any atom is -0.457 e. The third kappa shape index (κ3) is 3.75. The molecule has 0 aliphatic carbocycles. The second-order valence-electron chi connectivity index (χ2n) is 4.60. The van der Waals surface area contributed by atoms with Crippen LogP contribution >= 0.6 is 11.6 Å². The van der Waals surface area contributed by atoms with Crippen LogP contribution in [0.25, 0.3) is 0 Å². The van der Waals surface area contributed by atoms with E-state index in [0.29, 0.717) is 0 Å². The molecule has 0 unspecified atom stereocenters. The van der Waals surface area contributed by atoms with E-state index in [1.54, 1.807) is 0 Å². The molecule has 0 bridgehead atoms. The van der Waals surface area contributed by atoms with E-state index < -0.39 is 0 Å². The number of nitrogens with one attached hydrogen (secondary N) is 1. The number of rotatable bonds is 6. The average Bonchev–Trinajstić information content (AvgIpc) is 2.48. The van der Waals surface area contributed by atoms with Gasteiger partial charge in [-0.1, -0.05) is 43.6 Å². The van der Waals surface area contributed by atoms with Gasteiger partial charge in [0.2, 0.25) is 0 Å².